The smallest absolute Gasteiger partial charge is 0.250 e. The average Bonchev–Trinajstić information content (AvgIpc) is 3.73. The number of benzene rings is 3. The molecule has 10 heteroatoms. The first kappa shape index (κ1) is 23.5. The van der Waals surface area contributed by atoms with Crippen LogP contribution in [0, 0.1) is 18.8 Å². The number of H-pyrrole nitrogens is 1. The van der Waals surface area contributed by atoms with E-state index < -0.39 is 29.3 Å². The zero-order chi connectivity index (χ0) is 27.3. The van der Waals surface area contributed by atoms with Crippen LogP contribution in [0.2, 0.25) is 5.02 Å². The minimum atomic E-state index is -1.45. The van der Waals surface area contributed by atoms with E-state index in [1.165, 1.54) is 4.90 Å². The number of amides is 3. The Hall–Kier alpha value is -4.34. The number of carbonyl (C=O) groups excluding carboxylic acids is 3. The number of aryl methyl sites for hydroxylation is 1. The summed E-state index contributed by atoms with van der Waals surface area (Å²) in [5.74, 6) is -1.94. The summed E-state index contributed by atoms with van der Waals surface area (Å²) in [7, 11) is 0. The van der Waals surface area contributed by atoms with E-state index in [0.29, 0.717) is 39.9 Å². The third kappa shape index (κ3) is 2.99. The van der Waals surface area contributed by atoms with Gasteiger partial charge in [-0.3, -0.25) is 19.7 Å². The van der Waals surface area contributed by atoms with Gasteiger partial charge in [-0.25, -0.2) is 4.90 Å². The summed E-state index contributed by atoms with van der Waals surface area (Å²) in [5, 5.41) is 7.84. The van der Waals surface area contributed by atoms with Gasteiger partial charge in [-0.1, -0.05) is 35.9 Å². The van der Waals surface area contributed by atoms with Crippen LogP contribution in [0.5, 0.6) is 11.5 Å². The summed E-state index contributed by atoms with van der Waals surface area (Å²) >= 11 is 6.57. The van der Waals surface area contributed by atoms with E-state index in [1.807, 2.05) is 43.5 Å². The predicted octanol–water partition coefficient (Wildman–Crippen LogP) is 4.03. The highest BCUT2D eigenvalue weighted by Crippen LogP contribution is 2.55. The minimum Gasteiger partial charge on any atom is -0.454 e. The Morgan fingerprint density at radius 3 is 2.73 bits per heavy atom. The van der Waals surface area contributed by atoms with Crippen LogP contribution in [0.25, 0.3) is 10.9 Å². The Bertz CT molecular complexity index is 1800. The molecule has 3 amide bonds. The van der Waals surface area contributed by atoms with Crippen LogP contribution in [-0.4, -0.2) is 35.5 Å². The summed E-state index contributed by atoms with van der Waals surface area (Å²) in [6.07, 6.45) is 2.36. The standard InChI is InChI=1S/C30H23ClN4O5/c1-14-8-18-26(19(31)9-14)33-29(38)30(18)25-24(21(34-30)10-15-12-32-20-5-3-2-4-17(15)20)27(36)35(28(25)37)16-6-7-22-23(11-16)40-13-39-22/h2-9,11-12,21,24-25,32,34H,10,13H2,1H3,(H,33,38)/t21-,24+,25-,30-/m0/s1. The lowest BCUT2D eigenvalue weighted by atomic mass is 9.76. The van der Waals surface area contributed by atoms with E-state index in [0.717, 1.165) is 22.0 Å². The van der Waals surface area contributed by atoms with Crippen molar-refractivity contribution in [3.8, 4) is 11.5 Å². The highest BCUT2D eigenvalue weighted by atomic mass is 35.5. The molecular weight excluding hydrogens is 532 g/mol. The van der Waals surface area contributed by atoms with Gasteiger partial charge in [-0.05, 0) is 48.7 Å². The van der Waals surface area contributed by atoms with E-state index in [2.05, 4.69) is 15.6 Å². The molecule has 0 bridgehead atoms. The van der Waals surface area contributed by atoms with Crippen molar-refractivity contribution in [3.05, 3.63) is 82.5 Å². The van der Waals surface area contributed by atoms with Crippen molar-refractivity contribution in [1.82, 2.24) is 10.3 Å². The fourth-order valence-electron chi connectivity index (χ4n) is 6.98. The third-order valence-electron chi connectivity index (χ3n) is 8.65. The molecule has 0 unspecified atom stereocenters. The molecule has 9 nitrogen and oxygen atoms in total. The fraction of sp³-hybridized carbons (Fsp3) is 0.233. The van der Waals surface area contributed by atoms with Gasteiger partial charge in [0.25, 0.3) is 0 Å². The van der Waals surface area contributed by atoms with E-state index in [1.54, 1.807) is 24.3 Å². The minimum absolute atomic E-state index is 0.0721. The molecule has 1 aromatic heterocycles. The van der Waals surface area contributed by atoms with Gasteiger partial charge < -0.3 is 19.8 Å². The Balaban J connectivity index is 1.29. The van der Waals surface area contributed by atoms with Crippen LogP contribution in [-0.2, 0) is 26.3 Å². The van der Waals surface area contributed by atoms with Crippen molar-refractivity contribution >= 4 is 51.6 Å². The quantitative estimate of drug-likeness (QED) is 0.330. The summed E-state index contributed by atoms with van der Waals surface area (Å²) in [6, 6.07) is 16.1. The first-order valence-electron chi connectivity index (χ1n) is 13.1. The number of nitrogens with zero attached hydrogens (tertiary/aromatic N) is 1. The number of ether oxygens (including phenoxy) is 2. The van der Waals surface area contributed by atoms with Crippen molar-refractivity contribution < 1.29 is 23.9 Å². The first-order chi connectivity index (χ1) is 19.4. The third-order valence-corrected chi connectivity index (χ3v) is 8.95. The van der Waals surface area contributed by atoms with E-state index in [4.69, 9.17) is 21.1 Å². The SMILES string of the molecule is Cc1cc(Cl)c2c(c1)[C@@]1(N[C@@H](Cc3c[nH]c4ccccc34)[C@H]3C(=O)N(c4ccc5c(c4)OCO5)C(=O)[C@H]31)C(=O)N2. The number of anilines is 2. The van der Waals surface area contributed by atoms with Crippen molar-refractivity contribution in [1.29, 1.82) is 0 Å². The van der Waals surface area contributed by atoms with Crippen molar-refractivity contribution in [2.75, 3.05) is 17.0 Å². The zero-order valence-electron chi connectivity index (χ0n) is 21.3. The molecule has 40 heavy (non-hydrogen) atoms. The van der Waals surface area contributed by atoms with Crippen LogP contribution in [0.15, 0.2) is 60.8 Å². The maximum Gasteiger partial charge on any atom is 0.250 e. The Kier molecular flexibility index (Phi) is 4.76. The van der Waals surface area contributed by atoms with Crippen LogP contribution < -0.4 is 25.0 Å². The Morgan fingerprint density at radius 2 is 1.85 bits per heavy atom. The van der Waals surface area contributed by atoms with Crippen LogP contribution in [0.3, 0.4) is 0 Å². The molecule has 3 aromatic carbocycles. The Morgan fingerprint density at radius 1 is 1.02 bits per heavy atom. The number of para-hydroxylation sites is 1. The molecule has 4 aliphatic heterocycles. The molecule has 0 aliphatic carbocycles. The Labute approximate surface area is 233 Å². The van der Waals surface area contributed by atoms with Gasteiger partial charge >= 0.3 is 0 Å². The number of halogens is 1. The molecule has 8 rings (SSSR count). The second-order valence-electron chi connectivity index (χ2n) is 10.8. The number of aromatic nitrogens is 1. The topological polar surface area (TPSA) is 113 Å². The molecule has 3 N–H and O–H groups in total. The van der Waals surface area contributed by atoms with Gasteiger partial charge in [0.15, 0.2) is 11.5 Å². The number of carbonyl (C=O) groups is 3. The molecule has 0 saturated carbocycles. The molecule has 2 saturated heterocycles. The lowest BCUT2D eigenvalue weighted by Gasteiger charge is -2.30. The molecular formula is C30H23ClN4O5. The van der Waals surface area contributed by atoms with E-state index in [-0.39, 0.29) is 18.6 Å². The van der Waals surface area contributed by atoms with Crippen molar-refractivity contribution in [3.63, 3.8) is 0 Å². The number of aromatic amines is 1. The van der Waals surface area contributed by atoms with Crippen LogP contribution >= 0.6 is 11.6 Å². The van der Waals surface area contributed by atoms with Gasteiger partial charge in [0.1, 0.15) is 5.54 Å². The highest BCUT2D eigenvalue weighted by molar-refractivity contribution is 6.35. The largest absolute Gasteiger partial charge is 0.454 e. The number of rotatable bonds is 3. The fourth-order valence-corrected chi connectivity index (χ4v) is 7.31. The molecule has 4 aliphatic rings. The lowest BCUT2D eigenvalue weighted by Crippen LogP contribution is -2.53. The highest BCUT2D eigenvalue weighted by Gasteiger charge is 2.70. The molecule has 200 valence electrons. The summed E-state index contributed by atoms with van der Waals surface area (Å²) in [5.41, 5.74) is 2.81. The monoisotopic (exact) mass is 554 g/mol. The van der Waals surface area contributed by atoms with Crippen molar-refractivity contribution in [2.24, 2.45) is 11.8 Å². The second-order valence-corrected chi connectivity index (χ2v) is 11.2. The average molecular weight is 555 g/mol. The maximum absolute atomic E-state index is 14.3. The van der Waals surface area contributed by atoms with E-state index >= 15 is 0 Å². The number of nitrogens with one attached hydrogen (secondary N) is 3. The van der Waals surface area contributed by atoms with Gasteiger partial charge in [-0.15, -0.1) is 0 Å². The number of fused-ring (bicyclic) bond motifs is 6. The molecule has 0 radical (unpaired) electrons. The number of imide groups is 1. The molecule has 4 atom stereocenters. The predicted molar refractivity (Wildman–Crippen MR) is 147 cm³/mol. The first-order valence-corrected chi connectivity index (χ1v) is 13.5. The molecule has 4 aromatic rings. The lowest BCUT2D eigenvalue weighted by molar-refractivity contribution is -0.130. The van der Waals surface area contributed by atoms with Gasteiger partial charge in [0.05, 0.1) is 28.2 Å². The maximum atomic E-state index is 14.3. The molecule has 1 spiro atoms. The van der Waals surface area contributed by atoms with E-state index in [9.17, 15) is 14.4 Å². The molecule has 2 fully saturated rings. The van der Waals surface area contributed by atoms with Gasteiger partial charge in [0.2, 0.25) is 24.5 Å². The summed E-state index contributed by atoms with van der Waals surface area (Å²) < 4.78 is 10.9. The molecule has 5 heterocycles. The summed E-state index contributed by atoms with van der Waals surface area (Å²) in [4.78, 5) is 46.9. The summed E-state index contributed by atoms with van der Waals surface area (Å²) in [6.45, 7) is 1.96. The number of hydrogen-bond donors (Lipinski definition) is 3. The normalized spacial score (nSPS) is 26.2. The van der Waals surface area contributed by atoms with Gasteiger partial charge in [-0.2, -0.15) is 0 Å². The van der Waals surface area contributed by atoms with Crippen LogP contribution in [0.4, 0.5) is 11.4 Å². The number of hydrogen-bond acceptors (Lipinski definition) is 6. The zero-order valence-corrected chi connectivity index (χ0v) is 22.0. The van der Waals surface area contributed by atoms with Gasteiger partial charge in [0, 0.05) is 34.8 Å². The second kappa shape index (κ2) is 8.09. The van der Waals surface area contributed by atoms with Crippen molar-refractivity contribution in [2.45, 2.75) is 24.9 Å². The van der Waals surface area contributed by atoms with Crippen LogP contribution in [0.1, 0.15) is 16.7 Å².